The maximum Gasteiger partial charge on any atom is 0.326 e. The monoisotopic (exact) mass is 265 g/mol. The highest BCUT2D eigenvalue weighted by Crippen LogP contribution is 2.38. The quantitative estimate of drug-likeness (QED) is 0.599. The number of likely N-dealkylation sites (tertiary alicyclic amines) is 1. The van der Waals surface area contributed by atoms with Crippen LogP contribution in [0, 0.1) is 11.8 Å². The summed E-state index contributed by atoms with van der Waals surface area (Å²) in [4.78, 5) is 40.5. The molecule has 1 saturated heterocycles. The van der Waals surface area contributed by atoms with Crippen molar-refractivity contribution >= 4 is 5.91 Å². The molecule has 3 atom stereocenters. The van der Waals surface area contributed by atoms with Crippen molar-refractivity contribution in [2.45, 2.75) is 18.9 Å². The number of hydrogen-bond donors (Lipinski definition) is 3. The van der Waals surface area contributed by atoms with Crippen molar-refractivity contribution in [3.8, 4) is 0 Å². The molecular formula is C12H15N3O4. The van der Waals surface area contributed by atoms with Gasteiger partial charge >= 0.3 is 5.69 Å². The van der Waals surface area contributed by atoms with E-state index in [2.05, 4.69) is 4.98 Å². The van der Waals surface area contributed by atoms with E-state index in [1.807, 2.05) is 4.98 Å². The van der Waals surface area contributed by atoms with Gasteiger partial charge in [-0.2, -0.15) is 0 Å². The number of carbonyl (C=O) groups excluding carboxylic acids is 1. The second-order valence-corrected chi connectivity index (χ2v) is 5.28. The van der Waals surface area contributed by atoms with Crippen LogP contribution in [-0.4, -0.2) is 45.1 Å². The average Bonchev–Trinajstić information content (AvgIpc) is 2.90. The minimum absolute atomic E-state index is 0.00298. The largest absolute Gasteiger partial charge is 0.393 e. The summed E-state index contributed by atoms with van der Waals surface area (Å²) < 4.78 is 0. The molecule has 2 fully saturated rings. The number of amides is 1. The zero-order valence-corrected chi connectivity index (χ0v) is 10.3. The lowest BCUT2D eigenvalue weighted by Gasteiger charge is -2.17. The van der Waals surface area contributed by atoms with Gasteiger partial charge < -0.3 is 15.0 Å². The Hall–Kier alpha value is -1.89. The van der Waals surface area contributed by atoms with E-state index in [4.69, 9.17) is 0 Å². The molecule has 7 heteroatoms. The maximum absolute atomic E-state index is 12.2. The summed E-state index contributed by atoms with van der Waals surface area (Å²) in [5.74, 6) is 0.0927. The van der Waals surface area contributed by atoms with Gasteiger partial charge in [0, 0.05) is 25.1 Å². The Morgan fingerprint density at radius 1 is 1.26 bits per heavy atom. The highest BCUT2D eigenvalue weighted by atomic mass is 16.3. The minimum atomic E-state index is -0.685. The molecule has 3 unspecified atom stereocenters. The smallest absolute Gasteiger partial charge is 0.326 e. The van der Waals surface area contributed by atoms with Gasteiger partial charge in [0.15, 0.2) is 0 Å². The Morgan fingerprint density at radius 3 is 2.74 bits per heavy atom. The predicted octanol–water partition coefficient (Wildman–Crippen LogP) is -1.09. The van der Waals surface area contributed by atoms with E-state index in [0.717, 1.165) is 18.9 Å². The SMILES string of the molecule is O=C(c1cc(=O)[nH]c(=O)[nH]1)N1CC2CCC(O)C2C1. The molecule has 0 bridgehead atoms. The Bertz CT molecular complexity index is 592. The zero-order valence-electron chi connectivity index (χ0n) is 10.3. The molecule has 2 aliphatic rings. The van der Waals surface area contributed by atoms with Crippen LogP contribution in [0.3, 0.4) is 0 Å². The Balaban J connectivity index is 1.82. The molecule has 2 heterocycles. The maximum atomic E-state index is 12.2. The highest BCUT2D eigenvalue weighted by molar-refractivity contribution is 5.92. The lowest BCUT2D eigenvalue weighted by Crippen LogP contribution is -2.34. The molecule has 3 rings (SSSR count). The van der Waals surface area contributed by atoms with Gasteiger partial charge in [-0.1, -0.05) is 0 Å². The van der Waals surface area contributed by atoms with Gasteiger partial charge in [0.25, 0.3) is 11.5 Å². The van der Waals surface area contributed by atoms with Gasteiger partial charge in [-0.3, -0.25) is 14.6 Å². The van der Waals surface area contributed by atoms with Crippen molar-refractivity contribution in [3.05, 3.63) is 32.6 Å². The molecule has 102 valence electrons. The van der Waals surface area contributed by atoms with E-state index in [0.29, 0.717) is 19.0 Å². The number of H-pyrrole nitrogens is 2. The van der Waals surface area contributed by atoms with Crippen LogP contribution < -0.4 is 11.2 Å². The summed E-state index contributed by atoms with van der Waals surface area (Å²) in [6.45, 7) is 1.06. The number of rotatable bonds is 1. The third kappa shape index (κ3) is 2.10. The standard InChI is InChI=1S/C12H15N3O4/c16-9-2-1-6-4-15(5-7(6)9)11(18)8-3-10(17)14-12(19)13-8/h3,6-7,9,16H,1-2,4-5H2,(H2,13,14,17,19). The lowest BCUT2D eigenvalue weighted by atomic mass is 10.00. The molecule has 7 nitrogen and oxygen atoms in total. The fourth-order valence-electron chi connectivity index (χ4n) is 3.16. The number of aromatic amines is 2. The van der Waals surface area contributed by atoms with Crippen molar-refractivity contribution in [1.82, 2.24) is 14.9 Å². The van der Waals surface area contributed by atoms with Gasteiger partial charge in [-0.05, 0) is 18.8 Å². The van der Waals surface area contributed by atoms with Crippen molar-refractivity contribution in [2.24, 2.45) is 11.8 Å². The Kier molecular flexibility index (Phi) is 2.78. The fraction of sp³-hybridized carbons (Fsp3) is 0.583. The topological polar surface area (TPSA) is 106 Å². The summed E-state index contributed by atoms with van der Waals surface area (Å²) in [7, 11) is 0. The first-order valence-electron chi connectivity index (χ1n) is 6.35. The normalized spacial score (nSPS) is 29.5. The van der Waals surface area contributed by atoms with E-state index >= 15 is 0 Å². The number of aliphatic hydroxyl groups excluding tert-OH is 1. The van der Waals surface area contributed by atoms with Crippen molar-refractivity contribution in [1.29, 1.82) is 0 Å². The van der Waals surface area contributed by atoms with Crippen molar-refractivity contribution < 1.29 is 9.90 Å². The van der Waals surface area contributed by atoms with Gasteiger partial charge in [-0.15, -0.1) is 0 Å². The molecule has 0 spiro atoms. The van der Waals surface area contributed by atoms with Crippen molar-refractivity contribution in [2.75, 3.05) is 13.1 Å². The molecule has 1 aromatic heterocycles. The van der Waals surface area contributed by atoms with E-state index in [1.165, 1.54) is 0 Å². The second kappa shape index (κ2) is 4.34. The molecule has 1 aliphatic heterocycles. The average molecular weight is 265 g/mol. The van der Waals surface area contributed by atoms with Crippen molar-refractivity contribution in [3.63, 3.8) is 0 Å². The zero-order chi connectivity index (χ0) is 13.6. The van der Waals surface area contributed by atoms with Gasteiger partial charge in [-0.25, -0.2) is 4.79 Å². The Labute approximate surface area is 108 Å². The molecule has 1 saturated carbocycles. The summed E-state index contributed by atoms with van der Waals surface area (Å²) in [5.41, 5.74) is -1.27. The number of fused-ring (bicyclic) bond motifs is 1. The molecule has 0 aromatic carbocycles. The number of aliphatic hydroxyl groups is 1. The summed E-state index contributed by atoms with van der Waals surface area (Å²) in [6.07, 6.45) is 1.36. The highest BCUT2D eigenvalue weighted by Gasteiger charge is 2.43. The van der Waals surface area contributed by atoms with E-state index in [9.17, 15) is 19.5 Å². The Morgan fingerprint density at radius 2 is 2.05 bits per heavy atom. The fourth-order valence-corrected chi connectivity index (χ4v) is 3.16. The molecule has 1 aromatic rings. The first kappa shape index (κ1) is 12.2. The van der Waals surface area contributed by atoms with Crippen LogP contribution in [0.4, 0.5) is 0 Å². The van der Waals surface area contributed by atoms with E-state index < -0.39 is 11.2 Å². The van der Waals surface area contributed by atoms with Crippen LogP contribution in [-0.2, 0) is 0 Å². The van der Waals surface area contributed by atoms with Crippen LogP contribution in [0.25, 0.3) is 0 Å². The number of carbonyl (C=O) groups is 1. The first-order valence-corrected chi connectivity index (χ1v) is 6.35. The number of nitrogens with zero attached hydrogens (tertiary/aromatic N) is 1. The lowest BCUT2D eigenvalue weighted by molar-refractivity contribution is 0.0746. The van der Waals surface area contributed by atoms with Crippen LogP contribution in [0.5, 0.6) is 0 Å². The van der Waals surface area contributed by atoms with E-state index in [-0.39, 0.29) is 23.6 Å². The minimum Gasteiger partial charge on any atom is -0.393 e. The van der Waals surface area contributed by atoms with Gasteiger partial charge in [0.1, 0.15) is 5.69 Å². The van der Waals surface area contributed by atoms with Gasteiger partial charge in [0.05, 0.1) is 6.10 Å². The molecule has 1 amide bonds. The first-order chi connectivity index (χ1) is 9.04. The number of aromatic nitrogens is 2. The molecule has 1 aliphatic carbocycles. The van der Waals surface area contributed by atoms with Crippen LogP contribution in [0.15, 0.2) is 15.7 Å². The summed E-state index contributed by atoms with van der Waals surface area (Å²) >= 11 is 0. The predicted molar refractivity (Wildman–Crippen MR) is 65.8 cm³/mol. The third-order valence-corrected chi connectivity index (χ3v) is 4.10. The number of nitrogens with one attached hydrogen (secondary N) is 2. The summed E-state index contributed by atoms with van der Waals surface area (Å²) in [5, 5.41) is 9.81. The van der Waals surface area contributed by atoms with Crippen LogP contribution in [0.2, 0.25) is 0 Å². The van der Waals surface area contributed by atoms with Gasteiger partial charge in [0.2, 0.25) is 0 Å². The summed E-state index contributed by atoms with van der Waals surface area (Å²) in [6, 6.07) is 1.09. The van der Waals surface area contributed by atoms with Crippen LogP contribution >= 0.6 is 0 Å². The van der Waals surface area contributed by atoms with Crippen LogP contribution in [0.1, 0.15) is 23.3 Å². The second-order valence-electron chi connectivity index (χ2n) is 5.28. The van der Waals surface area contributed by atoms with E-state index in [1.54, 1.807) is 4.90 Å². The molecule has 3 N–H and O–H groups in total. The number of hydrogen-bond acceptors (Lipinski definition) is 4. The third-order valence-electron chi connectivity index (χ3n) is 4.10. The molecular weight excluding hydrogens is 250 g/mol. The molecule has 19 heavy (non-hydrogen) atoms. The molecule has 0 radical (unpaired) electrons.